The maximum absolute atomic E-state index is 3.52. The Morgan fingerprint density at radius 3 is 1.81 bits per heavy atom. The van der Waals surface area contributed by atoms with Crippen molar-refractivity contribution in [2.45, 2.75) is 33.6 Å². The first-order chi connectivity index (χ1) is 10.2. The maximum Gasteiger partial charge on any atom is -0.00143 e. The molecule has 0 fully saturated rings. The average molecular weight is 281 g/mol. The Morgan fingerprint density at radius 2 is 1.38 bits per heavy atom. The van der Waals surface area contributed by atoms with Crippen LogP contribution in [-0.2, 0) is 12.8 Å². The highest BCUT2D eigenvalue weighted by Gasteiger charge is 2.11. The van der Waals surface area contributed by atoms with E-state index in [4.69, 9.17) is 0 Å². The van der Waals surface area contributed by atoms with Crippen molar-refractivity contribution < 1.29 is 0 Å². The first kappa shape index (κ1) is 15.8. The van der Waals surface area contributed by atoms with Gasteiger partial charge in [-0.2, -0.15) is 0 Å². The molecule has 112 valence electrons. The van der Waals surface area contributed by atoms with E-state index in [-0.39, 0.29) is 0 Å². The monoisotopic (exact) mass is 281 g/mol. The van der Waals surface area contributed by atoms with Gasteiger partial charge in [0, 0.05) is 0 Å². The Bertz CT molecular complexity index is 512. The van der Waals surface area contributed by atoms with Crippen molar-refractivity contribution in [3.63, 3.8) is 0 Å². The lowest BCUT2D eigenvalue weighted by atomic mass is 9.91. The summed E-state index contributed by atoms with van der Waals surface area (Å²) in [4.78, 5) is 0. The van der Waals surface area contributed by atoms with Crippen LogP contribution in [-0.4, -0.2) is 13.1 Å². The van der Waals surface area contributed by atoms with Crippen LogP contribution in [0.15, 0.2) is 48.5 Å². The molecule has 2 aromatic rings. The van der Waals surface area contributed by atoms with Gasteiger partial charge in [0.15, 0.2) is 0 Å². The highest BCUT2D eigenvalue weighted by atomic mass is 14.8. The van der Waals surface area contributed by atoms with Crippen molar-refractivity contribution >= 4 is 0 Å². The molecule has 2 aromatic carbocycles. The van der Waals surface area contributed by atoms with Crippen LogP contribution in [0.4, 0.5) is 0 Å². The van der Waals surface area contributed by atoms with E-state index < -0.39 is 0 Å². The van der Waals surface area contributed by atoms with Gasteiger partial charge >= 0.3 is 0 Å². The zero-order valence-corrected chi connectivity index (χ0v) is 13.5. The fourth-order valence-corrected chi connectivity index (χ4v) is 2.91. The topological polar surface area (TPSA) is 12.0 Å². The van der Waals surface area contributed by atoms with Crippen molar-refractivity contribution in [1.29, 1.82) is 0 Å². The summed E-state index contributed by atoms with van der Waals surface area (Å²) in [6.45, 7) is 8.64. The minimum atomic E-state index is 0.647. The van der Waals surface area contributed by atoms with E-state index >= 15 is 0 Å². The molecule has 1 heteroatoms. The second kappa shape index (κ2) is 7.99. The molecular formula is C20H27N. The fourth-order valence-electron chi connectivity index (χ4n) is 2.91. The summed E-state index contributed by atoms with van der Waals surface area (Å²) in [5.74, 6) is 0.647. The molecule has 21 heavy (non-hydrogen) atoms. The number of hydrogen-bond acceptors (Lipinski definition) is 1. The molecule has 0 spiro atoms. The first-order valence-electron chi connectivity index (χ1n) is 7.99. The van der Waals surface area contributed by atoms with Gasteiger partial charge in [0.25, 0.3) is 0 Å². The van der Waals surface area contributed by atoms with Crippen molar-refractivity contribution in [1.82, 2.24) is 5.32 Å². The molecule has 0 saturated carbocycles. The minimum absolute atomic E-state index is 0.647. The molecular weight excluding hydrogens is 254 g/mol. The fraction of sp³-hybridized carbons (Fsp3) is 0.400. The molecule has 1 N–H and O–H groups in total. The predicted molar refractivity (Wildman–Crippen MR) is 91.8 cm³/mol. The normalized spacial score (nSPS) is 11.0. The van der Waals surface area contributed by atoms with Gasteiger partial charge < -0.3 is 5.32 Å². The summed E-state index contributed by atoms with van der Waals surface area (Å²) in [5, 5.41) is 3.52. The Kier molecular flexibility index (Phi) is 6.01. The van der Waals surface area contributed by atoms with E-state index in [1.807, 2.05) is 0 Å². The third-order valence-electron chi connectivity index (χ3n) is 3.90. The quantitative estimate of drug-likeness (QED) is 0.797. The summed E-state index contributed by atoms with van der Waals surface area (Å²) in [6.07, 6.45) is 2.28. The van der Waals surface area contributed by atoms with Gasteiger partial charge in [-0.1, -0.05) is 66.6 Å². The molecule has 0 aliphatic rings. The zero-order valence-electron chi connectivity index (χ0n) is 13.5. The van der Waals surface area contributed by atoms with Gasteiger partial charge in [-0.25, -0.2) is 0 Å². The van der Waals surface area contributed by atoms with Crippen LogP contribution in [0.1, 0.15) is 29.2 Å². The van der Waals surface area contributed by atoms with E-state index in [1.165, 1.54) is 22.3 Å². The van der Waals surface area contributed by atoms with Crippen molar-refractivity contribution in [2.75, 3.05) is 13.1 Å². The molecule has 0 unspecified atom stereocenters. The largest absolute Gasteiger partial charge is 0.317 e. The molecule has 2 rings (SSSR count). The SMILES string of the molecule is CCNCC(Cc1cccc(C)c1)Cc1cccc(C)c1. The van der Waals surface area contributed by atoms with Gasteiger partial charge in [0.05, 0.1) is 0 Å². The summed E-state index contributed by atoms with van der Waals surface area (Å²) in [5.41, 5.74) is 5.60. The third-order valence-corrected chi connectivity index (χ3v) is 3.90. The summed E-state index contributed by atoms with van der Waals surface area (Å²) in [6, 6.07) is 17.8. The van der Waals surface area contributed by atoms with Crippen LogP contribution in [0.3, 0.4) is 0 Å². The lowest BCUT2D eigenvalue weighted by Gasteiger charge is -2.18. The average Bonchev–Trinajstić information content (AvgIpc) is 2.45. The lowest BCUT2D eigenvalue weighted by molar-refractivity contribution is 0.478. The molecule has 0 aliphatic heterocycles. The van der Waals surface area contributed by atoms with Gasteiger partial charge in [-0.05, 0) is 56.8 Å². The zero-order chi connectivity index (χ0) is 15.1. The van der Waals surface area contributed by atoms with E-state index in [2.05, 4.69) is 74.6 Å². The Labute approximate surface area is 129 Å². The molecule has 0 saturated heterocycles. The van der Waals surface area contributed by atoms with Crippen LogP contribution >= 0.6 is 0 Å². The van der Waals surface area contributed by atoms with Crippen molar-refractivity contribution in [3.05, 3.63) is 70.8 Å². The summed E-state index contributed by atoms with van der Waals surface area (Å²) in [7, 11) is 0. The van der Waals surface area contributed by atoms with Crippen molar-refractivity contribution in [3.8, 4) is 0 Å². The van der Waals surface area contributed by atoms with E-state index in [0.717, 1.165) is 25.9 Å². The summed E-state index contributed by atoms with van der Waals surface area (Å²) < 4.78 is 0. The third kappa shape index (κ3) is 5.35. The Balaban J connectivity index is 2.06. The molecule has 0 aromatic heterocycles. The van der Waals surface area contributed by atoms with Crippen LogP contribution in [0.25, 0.3) is 0 Å². The lowest BCUT2D eigenvalue weighted by Crippen LogP contribution is -2.25. The van der Waals surface area contributed by atoms with Gasteiger partial charge in [0.2, 0.25) is 0 Å². The van der Waals surface area contributed by atoms with Crippen LogP contribution in [0.2, 0.25) is 0 Å². The van der Waals surface area contributed by atoms with Crippen LogP contribution in [0, 0.1) is 19.8 Å². The van der Waals surface area contributed by atoms with Crippen LogP contribution in [0.5, 0.6) is 0 Å². The predicted octanol–water partition coefficient (Wildman–Crippen LogP) is 4.31. The maximum atomic E-state index is 3.52. The number of rotatable bonds is 7. The van der Waals surface area contributed by atoms with Crippen LogP contribution < -0.4 is 5.32 Å². The van der Waals surface area contributed by atoms with E-state index in [0.29, 0.717) is 5.92 Å². The number of benzene rings is 2. The molecule has 0 bridgehead atoms. The van der Waals surface area contributed by atoms with Crippen molar-refractivity contribution in [2.24, 2.45) is 5.92 Å². The Hall–Kier alpha value is -1.60. The number of hydrogen-bond donors (Lipinski definition) is 1. The molecule has 1 nitrogen and oxygen atoms in total. The molecule has 0 heterocycles. The highest BCUT2D eigenvalue weighted by molar-refractivity contribution is 5.25. The van der Waals surface area contributed by atoms with Gasteiger partial charge in [0.1, 0.15) is 0 Å². The Morgan fingerprint density at radius 1 is 0.857 bits per heavy atom. The number of nitrogens with one attached hydrogen (secondary N) is 1. The van der Waals surface area contributed by atoms with E-state index in [9.17, 15) is 0 Å². The van der Waals surface area contributed by atoms with Gasteiger partial charge in [-0.3, -0.25) is 0 Å². The molecule has 0 radical (unpaired) electrons. The second-order valence-electron chi connectivity index (χ2n) is 6.06. The van der Waals surface area contributed by atoms with Gasteiger partial charge in [-0.15, -0.1) is 0 Å². The standard InChI is InChI=1S/C20H27N/c1-4-21-15-20(13-18-9-5-7-16(2)11-18)14-19-10-6-8-17(3)12-19/h5-12,20-21H,4,13-15H2,1-3H3. The molecule has 0 aliphatic carbocycles. The summed E-state index contributed by atoms with van der Waals surface area (Å²) >= 11 is 0. The second-order valence-corrected chi connectivity index (χ2v) is 6.06. The minimum Gasteiger partial charge on any atom is -0.317 e. The highest BCUT2D eigenvalue weighted by Crippen LogP contribution is 2.16. The number of aryl methyl sites for hydroxylation is 2. The smallest absolute Gasteiger partial charge is 0.00143 e. The first-order valence-corrected chi connectivity index (χ1v) is 7.99. The molecule has 0 amide bonds. The van der Waals surface area contributed by atoms with E-state index in [1.54, 1.807) is 0 Å². The molecule has 0 atom stereocenters.